The van der Waals surface area contributed by atoms with Crippen molar-refractivity contribution >= 4 is 11.7 Å². The molecule has 1 unspecified atom stereocenters. The highest BCUT2D eigenvalue weighted by Gasteiger charge is 2.26. The summed E-state index contributed by atoms with van der Waals surface area (Å²) in [5.41, 5.74) is 2.03. The van der Waals surface area contributed by atoms with E-state index >= 15 is 0 Å². The van der Waals surface area contributed by atoms with Gasteiger partial charge in [-0.25, -0.2) is 4.79 Å². The van der Waals surface area contributed by atoms with Crippen LogP contribution in [0.25, 0.3) is 0 Å². The van der Waals surface area contributed by atoms with Crippen molar-refractivity contribution < 1.29 is 9.53 Å². The van der Waals surface area contributed by atoms with Crippen molar-refractivity contribution in [1.29, 1.82) is 0 Å². The number of piperidine rings is 1. The molecule has 2 N–H and O–H groups in total. The Labute approximate surface area is 151 Å². The third-order valence-corrected chi connectivity index (χ3v) is 5.41. The monoisotopic (exact) mass is 345 g/mol. The van der Waals surface area contributed by atoms with E-state index in [4.69, 9.17) is 4.74 Å². The molecular formula is C20H31N3O2. The molecule has 0 aromatic heterocycles. The molecule has 2 aliphatic rings. The van der Waals surface area contributed by atoms with Gasteiger partial charge in [0.15, 0.2) is 0 Å². The molecule has 2 amide bonds. The van der Waals surface area contributed by atoms with Gasteiger partial charge in [-0.3, -0.25) is 4.90 Å². The van der Waals surface area contributed by atoms with Gasteiger partial charge in [-0.2, -0.15) is 0 Å². The number of carbonyl (C=O) groups excluding carboxylic acids is 1. The molecule has 3 rings (SSSR count). The van der Waals surface area contributed by atoms with Crippen molar-refractivity contribution in [2.75, 3.05) is 38.2 Å². The van der Waals surface area contributed by atoms with Crippen molar-refractivity contribution in [3.8, 4) is 0 Å². The van der Waals surface area contributed by atoms with Crippen LogP contribution in [0.1, 0.15) is 37.7 Å². The molecule has 138 valence electrons. The van der Waals surface area contributed by atoms with E-state index < -0.39 is 0 Å². The van der Waals surface area contributed by atoms with Crippen LogP contribution in [-0.4, -0.2) is 49.8 Å². The normalized spacial score (nSPS) is 22.5. The minimum atomic E-state index is -0.110. The van der Waals surface area contributed by atoms with Crippen LogP contribution in [0.15, 0.2) is 24.3 Å². The number of urea groups is 1. The fourth-order valence-electron chi connectivity index (χ4n) is 3.92. The van der Waals surface area contributed by atoms with Gasteiger partial charge in [-0.05, 0) is 63.6 Å². The number of carbonyl (C=O) groups is 1. The summed E-state index contributed by atoms with van der Waals surface area (Å²) in [5, 5.41) is 5.89. The van der Waals surface area contributed by atoms with E-state index in [1.54, 1.807) is 0 Å². The average Bonchev–Trinajstić information content (AvgIpc) is 2.65. The highest BCUT2D eigenvalue weighted by Crippen LogP contribution is 2.24. The predicted octanol–water partition coefficient (Wildman–Crippen LogP) is 3.40. The molecule has 2 aliphatic heterocycles. The highest BCUT2D eigenvalue weighted by atomic mass is 16.5. The minimum absolute atomic E-state index is 0.110. The first-order valence-electron chi connectivity index (χ1n) is 9.64. The predicted molar refractivity (Wildman–Crippen MR) is 101 cm³/mol. The Morgan fingerprint density at radius 3 is 2.72 bits per heavy atom. The molecule has 0 bridgehead atoms. The van der Waals surface area contributed by atoms with E-state index in [1.807, 2.05) is 31.2 Å². The molecule has 0 radical (unpaired) electrons. The molecule has 2 heterocycles. The zero-order valence-corrected chi connectivity index (χ0v) is 15.3. The molecule has 25 heavy (non-hydrogen) atoms. The molecule has 5 heteroatoms. The lowest BCUT2D eigenvalue weighted by Gasteiger charge is -2.40. The van der Waals surface area contributed by atoms with Gasteiger partial charge in [0.2, 0.25) is 0 Å². The van der Waals surface area contributed by atoms with E-state index in [2.05, 4.69) is 15.5 Å². The molecule has 1 atom stereocenters. The van der Waals surface area contributed by atoms with E-state index in [0.717, 1.165) is 31.9 Å². The van der Waals surface area contributed by atoms with Crippen LogP contribution < -0.4 is 10.6 Å². The lowest BCUT2D eigenvalue weighted by molar-refractivity contribution is 0.0171. The second-order valence-electron chi connectivity index (χ2n) is 7.38. The van der Waals surface area contributed by atoms with Gasteiger partial charge in [0.25, 0.3) is 0 Å². The summed E-state index contributed by atoms with van der Waals surface area (Å²) in [4.78, 5) is 14.7. The van der Waals surface area contributed by atoms with Gasteiger partial charge >= 0.3 is 6.03 Å². The number of likely N-dealkylation sites (tertiary alicyclic amines) is 1. The quantitative estimate of drug-likeness (QED) is 0.860. The molecule has 1 aromatic carbocycles. The highest BCUT2D eigenvalue weighted by molar-refractivity contribution is 5.89. The second kappa shape index (κ2) is 9.20. The molecule has 0 aliphatic carbocycles. The Morgan fingerprint density at radius 2 is 1.96 bits per heavy atom. The summed E-state index contributed by atoms with van der Waals surface area (Å²) < 4.78 is 5.48. The first-order valence-corrected chi connectivity index (χ1v) is 9.64. The number of hydrogen-bond acceptors (Lipinski definition) is 3. The van der Waals surface area contributed by atoms with Crippen molar-refractivity contribution in [3.63, 3.8) is 0 Å². The van der Waals surface area contributed by atoms with Gasteiger partial charge in [0.05, 0.1) is 0 Å². The number of benzene rings is 1. The van der Waals surface area contributed by atoms with Gasteiger partial charge in [0.1, 0.15) is 0 Å². The third kappa shape index (κ3) is 5.72. The lowest BCUT2D eigenvalue weighted by Crippen LogP contribution is -2.45. The van der Waals surface area contributed by atoms with Crippen molar-refractivity contribution in [2.45, 2.75) is 45.1 Å². The third-order valence-electron chi connectivity index (χ3n) is 5.41. The Kier molecular flexibility index (Phi) is 6.70. The first kappa shape index (κ1) is 18.2. The standard InChI is InChI=1S/C20H31N3O2/c1-16-4-6-18(7-5-16)22-20(24)21-11-8-17-3-2-12-23(15-17)19-9-13-25-14-10-19/h4-7,17,19H,2-3,8-15H2,1H3,(H2,21,22,24). The van der Waals surface area contributed by atoms with Crippen LogP contribution >= 0.6 is 0 Å². The van der Waals surface area contributed by atoms with Crippen LogP contribution in [0.2, 0.25) is 0 Å². The maximum atomic E-state index is 12.0. The summed E-state index contributed by atoms with van der Waals surface area (Å²) in [7, 11) is 0. The van der Waals surface area contributed by atoms with Crippen LogP contribution in [0, 0.1) is 12.8 Å². The first-order chi connectivity index (χ1) is 12.2. The largest absolute Gasteiger partial charge is 0.381 e. The lowest BCUT2D eigenvalue weighted by atomic mass is 9.92. The number of hydrogen-bond donors (Lipinski definition) is 2. The number of aryl methyl sites for hydroxylation is 1. The van der Waals surface area contributed by atoms with Crippen molar-refractivity contribution in [3.05, 3.63) is 29.8 Å². The zero-order chi connectivity index (χ0) is 17.5. The Hall–Kier alpha value is -1.59. The number of amides is 2. The molecule has 0 spiro atoms. The van der Waals surface area contributed by atoms with Gasteiger partial charge in [-0.15, -0.1) is 0 Å². The maximum Gasteiger partial charge on any atom is 0.319 e. The van der Waals surface area contributed by atoms with Crippen LogP contribution in [0.4, 0.5) is 10.5 Å². The Morgan fingerprint density at radius 1 is 1.20 bits per heavy atom. The van der Waals surface area contributed by atoms with E-state index in [0.29, 0.717) is 12.0 Å². The zero-order valence-electron chi connectivity index (χ0n) is 15.3. The summed E-state index contributed by atoms with van der Waals surface area (Å²) >= 11 is 0. The summed E-state index contributed by atoms with van der Waals surface area (Å²) in [6, 6.07) is 8.46. The molecule has 2 saturated heterocycles. The topological polar surface area (TPSA) is 53.6 Å². The van der Waals surface area contributed by atoms with Gasteiger partial charge in [-0.1, -0.05) is 17.7 Å². The average molecular weight is 345 g/mol. The molecule has 5 nitrogen and oxygen atoms in total. The fraction of sp³-hybridized carbons (Fsp3) is 0.650. The van der Waals surface area contributed by atoms with Crippen LogP contribution in [-0.2, 0) is 4.74 Å². The van der Waals surface area contributed by atoms with Crippen LogP contribution in [0.3, 0.4) is 0 Å². The Bertz CT molecular complexity index is 540. The minimum Gasteiger partial charge on any atom is -0.381 e. The molecule has 0 saturated carbocycles. The number of ether oxygens (including phenoxy) is 1. The summed E-state index contributed by atoms with van der Waals surface area (Å²) in [6.07, 6.45) is 5.95. The molecular weight excluding hydrogens is 314 g/mol. The van der Waals surface area contributed by atoms with E-state index in [-0.39, 0.29) is 6.03 Å². The Balaban J connectivity index is 1.36. The summed E-state index contributed by atoms with van der Waals surface area (Å²) in [5.74, 6) is 0.691. The number of rotatable bonds is 5. The van der Waals surface area contributed by atoms with E-state index in [9.17, 15) is 4.79 Å². The second-order valence-corrected chi connectivity index (χ2v) is 7.38. The number of nitrogens with one attached hydrogen (secondary N) is 2. The number of anilines is 1. The summed E-state index contributed by atoms with van der Waals surface area (Å²) in [6.45, 7) is 7.00. The van der Waals surface area contributed by atoms with Crippen molar-refractivity contribution in [2.24, 2.45) is 5.92 Å². The maximum absolute atomic E-state index is 12.0. The van der Waals surface area contributed by atoms with Gasteiger partial charge < -0.3 is 15.4 Å². The smallest absolute Gasteiger partial charge is 0.319 e. The van der Waals surface area contributed by atoms with Crippen LogP contribution in [0.5, 0.6) is 0 Å². The molecule has 1 aromatic rings. The van der Waals surface area contributed by atoms with Gasteiger partial charge in [0, 0.05) is 38.0 Å². The van der Waals surface area contributed by atoms with Crippen molar-refractivity contribution in [1.82, 2.24) is 10.2 Å². The number of nitrogens with zero attached hydrogens (tertiary/aromatic N) is 1. The van der Waals surface area contributed by atoms with E-state index in [1.165, 1.54) is 44.3 Å². The SMILES string of the molecule is Cc1ccc(NC(=O)NCCC2CCCN(C3CCOCC3)C2)cc1. The fourth-order valence-corrected chi connectivity index (χ4v) is 3.92. The molecule has 2 fully saturated rings.